The third kappa shape index (κ3) is 8.29. The van der Waals surface area contributed by atoms with Crippen LogP contribution in [0.2, 0.25) is 0 Å². The predicted molar refractivity (Wildman–Crippen MR) is 136 cm³/mol. The highest BCUT2D eigenvalue weighted by molar-refractivity contribution is 5.91. The number of Topliss-reactive ketones (excluding diaryl/α,β-unsaturated/α-hetero) is 1. The highest BCUT2D eigenvalue weighted by Gasteiger charge is 2.36. The summed E-state index contributed by atoms with van der Waals surface area (Å²) >= 11 is 0. The van der Waals surface area contributed by atoms with Gasteiger partial charge in [0.1, 0.15) is 12.6 Å². The quantitative estimate of drug-likeness (QED) is 0.239. The molecule has 2 aromatic carbocycles. The second-order valence-electron chi connectivity index (χ2n) is 8.75. The number of esters is 1. The summed E-state index contributed by atoms with van der Waals surface area (Å²) in [5, 5.41) is 17.6. The number of hydrogen-bond donors (Lipinski definition) is 4. The van der Waals surface area contributed by atoms with Crippen molar-refractivity contribution in [2.75, 3.05) is 13.2 Å². The Bertz CT molecular complexity index is 1110. The van der Waals surface area contributed by atoms with E-state index >= 15 is 0 Å². The lowest BCUT2D eigenvalue weighted by atomic mass is 9.89. The number of carbonyl (C=O) groups excluding carboxylic acids is 3. The van der Waals surface area contributed by atoms with Gasteiger partial charge in [-0.1, -0.05) is 54.6 Å². The van der Waals surface area contributed by atoms with Crippen LogP contribution in [0.4, 0.5) is 9.59 Å². The highest BCUT2D eigenvalue weighted by Crippen LogP contribution is 2.27. The fraction of sp³-hybridized carbons (Fsp3) is 0.407. The summed E-state index contributed by atoms with van der Waals surface area (Å²) in [7, 11) is 0. The van der Waals surface area contributed by atoms with Gasteiger partial charge >= 0.3 is 18.2 Å². The SMILES string of the molecule is CCOC(=O)C(CCNC(=O)OCc1ccccc1)N[C@@H](C)C(=O)C1NC(OC(=O)O)Cc2ccccc21. The monoisotopic (exact) mass is 527 g/mol. The van der Waals surface area contributed by atoms with E-state index in [1.54, 1.807) is 32.0 Å². The van der Waals surface area contributed by atoms with E-state index in [0.29, 0.717) is 5.56 Å². The van der Waals surface area contributed by atoms with Crippen LogP contribution in [-0.2, 0) is 36.8 Å². The first-order valence-corrected chi connectivity index (χ1v) is 12.4. The Morgan fingerprint density at radius 3 is 2.47 bits per heavy atom. The number of fused-ring (bicyclic) bond motifs is 1. The molecule has 0 saturated carbocycles. The van der Waals surface area contributed by atoms with Crippen molar-refractivity contribution < 1.29 is 38.5 Å². The Morgan fingerprint density at radius 1 is 1.05 bits per heavy atom. The molecule has 3 unspecified atom stereocenters. The molecule has 2 aromatic rings. The molecule has 4 atom stereocenters. The molecule has 38 heavy (non-hydrogen) atoms. The average molecular weight is 528 g/mol. The van der Waals surface area contributed by atoms with Gasteiger partial charge in [0.15, 0.2) is 12.0 Å². The summed E-state index contributed by atoms with van der Waals surface area (Å²) in [6.07, 6.45) is -2.54. The first kappa shape index (κ1) is 28.6. The Labute approximate surface area is 220 Å². The predicted octanol–water partition coefficient (Wildman–Crippen LogP) is 2.69. The minimum atomic E-state index is -1.45. The number of nitrogens with one attached hydrogen (secondary N) is 3. The molecule has 0 fully saturated rings. The zero-order chi connectivity index (χ0) is 27.5. The topological polar surface area (TPSA) is 152 Å². The van der Waals surface area contributed by atoms with Crippen molar-refractivity contribution in [1.29, 1.82) is 0 Å². The highest BCUT2D eigenvalue weighted by atomic mass is 16.7. The molecular formula is C27H33N3O8. The number of ketones is 1. The van der Waals surface area contributed by atoms with E-state index in [2.05, 4.69) is 16.0 Å². The Kier molecular flexibility index (Phi) is 10.6. The maximum atomic E-state index is 13.4. The van der Waals surface area contributed by atoms with Gasteiger partial charge in [0, 0.05) is 13.0 Å². The fourth-order valence-electron chi connectivity index (χ4n) is 4.21. The zero-order valence-corrected chi connectivity index (χ0v) is 21.3. The molecule has 0 radical (unpaired) electrons. The van der Waals surface area contributed by atoms with Crippen molar-refractivity contribution in [2.24, 2.45) is 0 Å². The normalized spacial score (nSPS) is 17.8. The van der Waals surface area contributed by atoms with E-state index in [1.165, 1.54) is 0 Å². The molecule has 11 nitrogen and oxygen atoms in total. The van der Waals surface area contributed by atoms with Gasteiger partial charge in [-0.2, -0.15) is 0 Å². The molecule has 1 amide bonds. The van der Waals surface area contributed by atoms with E-state index in [1.807, 2.05) is 36.4 Å². The summed E-state index contributed by atoms with van der Waals surface area (Å²) in [6.45, 7) is 3.65. The lowest BCUT2D eigenvalue weighted by Gasteiger charge is -2.33. The molecule has 204 valence electrons. The number of amides is 1. The number of ether oxygens (including phenoxy) is 3. The standard InChI is InChI=1S/C27H33N3O8/c1-3-36-25(32)21(13-14-28-26(33)37-16-18-9-5-4-6-10-18)29-17(2)24(31)23-20-12-8-7-11-19(20)15-22(30-23)38-27(34)35/h4-12,17,21-23,29-30H,3,13-16H2,1-2H3,(H,28,33)(H,34,35)/t17-,21?,22?,23?/m0/s1. The Balaban J connectivity index is 1.60. The lowest BCUT2D eigenvalue weighted by Crippen LogP contribution is -2.53. The van der Waals surface area contributed by atoms with Crippen molar-refractivity contribution in [2.45, 2.75) is 57.6 Å². The summed E-state index contributed by atoms with van der Waals surface area (Å²) in [5.74, 6) is -0.864. The summed E-state index contributed by atoms with van der Waals surface area (Å²) in [5.41, 5.74) is 2.35. The molecule has 1 aliphatic rings. The van der Waals surface area contributed by atoms with Crippen LogP contribution in [0.15, 0.2) is 54.6 Å². The summed E-state index contributed by atoms with van der Waals surface area (Å²) in [6, 6.07) is 13.9. The van der Waals surface area contributed by atoms with E-state index in [9.17, 15) is 19.2 Å². The number of carboxylic acid groups (broad SMARTS) is 1. The van der Waals surface area contributed by atoms with Crippen molar-refractivity contribution in [3.05, 3.63) is 71.3 Å². The van der Waals surface area contributed by atoms with E-state index in [0.717, 1.165) is 11.1 Å². The number of benzene rings is 2. The van der Waals surface area contributed by atoms with Crippen LogP contribution >= 0.6 is 0 Å². The summed E-state index contributed by atoms with van der Waals surface area (Å²) < 4.78 is 15.2. The minimum absolute atomic E-state index is 0.101. The molecule has 1 aliphatic heterocycles. The van der Waals surface area contributed by atoms with Gasteiger partial charge in [0.25, 0.3) is 0 Å². The lowest BCUT2D eigenvalue weighted by molar-refractivity contribution is -0.146. The molecular weight excluding hydrogens is 494 g/mol. The van der Waals surface area contributed by atoms with Crippen LogP contribution < -0.4 is 16.0 Å². The molecule has 1 heterocycles. The molecule has 0 aromatic heterocycles. The molecule has 4 N–H and O–H groups in total. The van der Waals surface area contributed by atoms with Gasteiger partial charge < -0.3 is 24.6 Å². The fourth-order valence-corrected chi connectivity index (χ4v) is 4.21. The van der Waals surface area contributed by atoms with Crippen LogP contribution in [0.3, 0.4) is 0 Å². The number of carbonyl (C=O) groups is 4. The largest absolute Gasteiger partial charge is 0.507 e. The number of hydrogen-bond acceptors (Lipinski definition) is 9. The van der Waals surface area contributed by atoms with E-state index in [-0.39, 0.29) is 38.4 Å². The van der Waals surface area contributed by atoms with Crippen LogP contribution in [0.1, 0.15) is 43.0 Å². The third-order valence-corrected chi connectivity index (χ3v) is 6.02. The van der Waals surface area contributed by atoms with Crippen molar-refractivity contribution in [3.8, 4) is 0 Å². The van der Waals surface area contributed by atoms with Crippen molar-refractivity contribution in [3.63, 3.8) is 0 Å². The third-order valence-electron chi connectivity index (χ3n) is 6.02. The van der Waals surface area contributed by atoms with Crippen LogP contribution in [0.5, 0.6) is 0 Å². The number of alkyl carbamates (subject to hydrolysis) is 1. The van der Waals surface area contributed by atoms with Crippen molar-refractivity contribution >= 4 is 24.0 Å². The first-order chi connectivity index (χ1) is 18.3. The van der Waals surface area contributed by atoms with E-state index in [4.69, 9.17) is 19.3 Å². The van der Waals surface area contributed by atoms with Gasteiger partial charge in [0.2, 0.25) is 0 Å². The average Bonchev–Trinajstić information content (AvgIpc) is 2.90. The molecule has 0 spiro atoms. The van der Waals surface area contributed by atoms with Crippen molar-refractivity contribution in [1.82, 2.24) is 16.0 Å². The van der Waals surface area contributed by atoms with Gasteiger partial charge in [-0.05, 0) is 37.0 Å². The van der Waals surface area contributed by atoms with Gasteiger partial charge in [-0.25, -0.2) is 9.59 Å². The molecule has 0 saturated heterocycles. The van der Waals surface area contributed by atoms with Gasteiger partial charge in [-0.3, -0.25) is 20.2 Å². The maximum Gasteiger partial charge on any atom is 0.507 e. The second-order valence-corrected chi connectivity index (χ2v) is 8.75. The second kappa shape index (κ2) is 14.1. The molecule has 3 rings (SSSR count). The molecule has 0 bridgehead atoms. The smallest absolute Gasteiger partial charge is 0.465 e. The van der Waals surface area contributed by atoms with Crippen LogP contribution in [0.25, 0.3) is 0 Å². The molecule has 0 aliphatic carbocycles. The van der Waals surface area contributed by atoms with Crippen LogP contribution in [0, 0.1) is 0 Å². The zero-order valence-electron chi connectivity index (χ0n) is 21.3. The van der Waals surface area contributed by atoms with Crippen LogP contribution in [-0.4, -0.2) is 60.6 Å². The summed E-state index contributed by atoms with van der Waals surface area (Å²) in [4.78, 5) is 49.2. The number of rotatable bonds is 12. The Hall–Kier alpha value is -3.96. The van der Waals surface area contributed by atoms with Gasteiger partial charge in [-0.15, -0.1) is 0 Å². The first-order valence-electron chi connectivity index (χ1n) is 12.4. The molecule has 11 heteroatoms. The van der Waals surface area contributed by atoms with Gasteiger partial charge in [0.05, 0.1) is 18.7 Å². The van der Waals surface area contributed by atoms with E-state index < -0.39 is 42.6 Å². The maximum absolute atomic E-state index is 13.4. The minimum Gasteiger partial charge on any atom is -0.465 e. The Morgan fingerprint density at radius 2 is 1.76 bits per heavy atom.